The first-order chi connectivity index (χ1) is 17.3. The number of nitrogens with zero attached hydrogens (tertiary/aromatic N) is 4. The molecule has 2 aliphatic rings. The van der Waals surface area contributed by atoms with Crippen molar-refractivity contribution in [2.24, 2.45) is 24.4 Å². The van der Waals surface area contributed by atoms with Crippen molar-refractivity contribution >= 4 is 44.4 Å². The zero-order valence-electron chi connectivity index (χ0n) is 20.5. The first-order valence-corrected chi connectivity index (χ1v) is 13.2. The molecule has 2 fully saturated rings. The van der Waals surface area contributed by atoms with E-state index in [4.69, 9.17) is 21.2 Å². The van der Waals surface area contributed by atoms with Crippen LogP contribution in [0.5, 0.6) is 5.75 Å². The van der Waals surface area contributed by atoms with Crippen molar-refractivity contribution in [3.8, 4) is 17.3 Å². The molecule has 1 saturated heterocycles. The molecule has 1 aliphatic carbocycles. The maximum Gasteiger partial charge on any atom is 0.258 e. The summed E-state index contributed by atoms with van der Waals surface area (Å²) >= 11 is 1.43. The molecular formula is C26H30N6O3S. The van der Waals surface area contributed by atoms with Crippen molar-refractivity contribution in [2.45, 2.75) is 38.3 Å². The summed E-state index contributed by atoms with van der Waals surface area (Å²) < 4.78 is 10.0. The summed E-state index contributed by atoms with van der Waals surface area (Å²) in [6.07, 6.45) is 4.26. The van der Waals surface area contributed by atoms with Crippen molar-refractivity contribution in [2.75, 3.05) is 20.2 Å². The second-order valence-corrected chi connectivity index (χ2v) is 11.0. The normalized spacial score (nSPS) is 18.3. The molecule has 0 radical (unpaired) electrons. The number of benzene rings is 1. The van der Waals surface area contributed by atoms with Gasteiger partial charge in [-0.3, -0.25) is 9.59 Å². The number of fused-ring (bicyclic) bond motifs is 2. The zero-order valence-corrected chi connectivity index (χ0v) is 21.3. The van der Waals surface area contributed by atoms with E-state index in [1.54, 1.807) is 13.2 Å². The van der Waals surface area contributed by atoms with Gasteiger partial charge in [0, 0.05) is 43.7 Å². The number of ether oxygens (including phenoxy) is 1. The molecule has 6 rings (SSSR count). The van der Waals surface area contributed by atoms with E-state index in [1.165, 1.54) is 24.2 Å². The van der Waals surface area contributed by atoms with Crippen LogP contribution in [-0.4, -0.2) is 57.1 Å². The van der Waals surface area contributed by atoms with Gasteiger partial charge in [-0.05, 0) is 55.9 Å². The third kappa shape index (κ3) is 3.84. The van der Waals surface area contributed by atoms with E-state index in [0.29, 0.717) is 40.7 Å². The van der Waals surface area contributed by atoms with Crippen LogP contribution >= 0.6 is 11.3 Å². The van der Waals surface area contributed by atoms with Gasteiger partial charge in [0.25, 0.3) is 11.8 Å². The molecule has 188 valence electrons. The molecule has 1 saturated carbocycles. The van der Waals surface area contributed by atoms with E-state index in [2.05, 4.69) is 10.6 Å². The minimum absolute atomic E-state index is 0.0120. The maximum atomic E-state index is 13.3. The fourth-order valence-electron chi connectivity index (χ4n) is 5.29. The van der Waals surface area contributed by atoms with Gasteiger partial charge in [-0.1, -0.05) is 0 Å². The fourth-order valence-corrected chi connectivity index (χ4v) is 6.30. The van der Waals surface area contributed by atoms with Crippen LogP contribution in [0.15, 0.2) is 24.3 Å². The van der Waals surface area contributed by atoms with Crippen LogP contribution < -0.4 is 16.2 Å². The lowest BCUT2D eigenvalue weighted by Gasteiger charge is -2.30. The van der Waals surface area contributed by atoms with E-state index in [0.717, 1.165) is 46.6 Å². The van der Waals surface area contributed by atoms with Crippen LogP contribution in [-0.2, 0) is 13.6 Å². The molecule has 1 atom stereocenters. The molecule has 9 nitrogen and oxygen atoms in total. The third-order valence-electron chi connectivity index (χ3n) is 7.32. The standard InChI is InChI=1S/C26H30N6O3S/c1-30-22-18(8-15(10-20(22)35-2)25(34)31-7-3-4-17(27)13-31)29-24(30)19-9-16-11-21(23(28)33)36-26(16)32(19)12-14-5-6-14/h8-11,14,17H,3-7,12-13,27H2,1-2H3,(H2,28,33)/t17-/m1/s1. The summed E-state index contributed by atoms with van der Waals surface area (Å²) in [5.41, 5.74) is 14.7. The summed E-state index contributed by atoms with van der Waals surface area (Å²) in [6.45, 7) is 2.14. The minimum Gasteiger partial charge on any atom is -0.494 e. The van der Waals surface area contributed by atoms with Gasteiger partial charge in [0.2, 0.25) is 0 Å². The van der Waals surface area contributed by atoms with Crippen molar-refractivity contribution in [1.29, 1.82) is 0 Å². The number of likely N-dealkylation sites (tertiary alicyclic amines) is 1. The Bertz CT molecular complexity index is 1510. The highest BCUT2D eigenvalue weighted by Gasteiger charge is 2.28. The molecule has 0 spiro atoms. The first kappa shape index (κ1) is 23.1. The minimum atomic E-state index is -0.407. The maximum absolute atomic E-state index is 13.3. The van der Waals surface area contributed by atoms with Gasteiger partial charge in [0.1, 0.15) is 16.1 Å². The quantitative estimate of drug-likeness (QED) is 0.415. The average Bonchev–Trinajstić information content (AvgIpc) is 3.35. The van der Waals surface area contributed by atoms with Crippen LogP contribution in [0.25, 0.3) is 32.8 Å². The monoisotopic (exact) mass is 506 g/mol. The van der Waals surface area contributed by atoms with Crippen molar-refractivity contribution < 1.29 is 14.3 Å². The molecular weight excluding hydrogens is 476 g/mol. The van der Waals surface area contributed by atoms with E-state index < -0.39 is 5.91 Å². The number of amides is 2. The van der Waals surface area contributed by atoms with Gasteiger partial charge < -0.3 is 30.2 Å². The number of carbonyl (C=O) groups excluding carboxylic acids is 2. The summed E-state index contributed by atoms with van der Waals surface area (Å²) in [5, 5.41) is 0.987. The number of hydrogen-bond donors (Lipinski definition) is 2. The Morgan fingerprint density at radius 2 is 2.00 bits per heavy atom. The number of imidazole rings is 1. The summed E-state index contributed by atoms with van der Waals surface area (Å²) in [4.78, 5) is 33.5. The predicted molar refractivity (Wildman–Crippen MR) is 140 cm³/mol. The predicted octanol–water partition coefficient (Wildman–Crippen LogP) is 3.34. The van der Waals surface area contributed by atoms with Gasteiger partial charge in [0.05, 0.1) is 23.2 Å². The van der Waals surface area contributed by atoms with E-state index in [1.807, 2.05) is 28.6 Å². The summed E-state index contributed by atoms with van der Waals surface area (Å²) in [7, 11) is 3.58. The Balaban J connectivity index is 1.47. The van der Waals surface area contributed by atoms with Crippen LogP contribution in [0.3, 0.4) is 0 Å². The molecule has 0 unspecified atom stereocenters. The van der Waals surface area contributed by atoms with Crippen LogP contribution in [0.1, 0.15) is 45.7 Å². The van der Waals surface area contributed by atoms with Gasteiger partial charge >= 0.3 is 0 Å². The molecule has 4 heterocycles. The lowest BCUT2D eigenvalue weighted by molar-refractivity contribution is 0.0708. The van der Waals surface area contributed by atoms with Gasteiger partial charge in [-0.2, -0.15) is 0 Å². The van der Waals surface area contributed by atoms with Gasteiger partial charge in [0.15, 0.2) is 5.82 Å². The molecule has 0 bridgehead atoms. The molecule has 1 aliphatic heterocycles. The number of aromatic nitrogens is 3. The number of carbonyl (C=O) groups is 2. The molecule has 4 N–H and O–H groups in total. The second-order valence-electron chi connectivity index (χ2n) is 10.0. The zero-order chi connectivity index (χ0) is 25.1. The second kappa shape index (κ2) is 8.63. The molecule has 3 aromatic heterocycles. The number of piperidine rings is 1. The van der Waals surface area contributed by atoms with Crippen LogP contribution in [0.2, 0.25) is 0 Å². The first-order valence-electron chi connectivity index (χ1n) is 12.4. The van der Waals surface area contributed by atoms with Crippen LogP contribution in [0, 0.1) is 5.92 Å². The van der Waals surface area contributed by atoms with E-state index in [-0.39, 0.29) is 11.9 Å². The number of nitrogens with two attached hydrogens (primary N) is 2. The third-order valence-corrected chi connectivity index (χ3v) is 8.51. The summed E-state index contributed by atoms with van der Waals surface area (Å²) in [5.74, 6) is 1.57. The highest BCUT2D eigenvalue weighted by atomic mass is 32.1. The molecule has 10 heteroatoms. The van der Waals surface area contributed by atoms with Gasteiger partial charge in [-0.25, -0.2) is 4.98 Å². The Labute approximate surface area is 212 Å². The number of rotatable bonds is 6. The Hall–Kier alpha value is -3.37. The topological polar surface area (TPSA) is 121 Å². The highest BCUT2D eigenvalue weighted by Crippen LogP contribution is 2.40. The van der Waals surface area contributed by atoms with Crippen LogP contribution in [0.4, 0.5) is 0 Å². The van der Waals surface area contributed by atoms with E-state index in [9.17, 15) is 9.59 Å². The average molecular weight is 507 g/mol. The van der Waals surface area contributed by atoms with Gasteiger partial charge in [-0.15, -0.1) is 11.3 Å². The lowest BCUT2D eigenvalue weighted by Crippen LogP contribution is -2.45. The van der Waals surface area contributed by atoms with Crippen molar-refractivity contribution in [3.63, 3.8) is 0 Å². The number of primary amides is 1. The summed E-state index contributed by atoms with van der Waals surface area (Å²) in [6, 6.07) is 7.61. The molecule has 1 aromatic carbocycles. The smallest absolute Gasteiger partial charge is 0.258 e. The number of methoxy groups -OCH3 is 1. The SMILES string of the molecule is COc1cc(C(=O)N2CCC[C@@H](N)C2)cc2nc(-c3cc4cc(C(N)=O)sc4n3CC3CC3)n(C)c12. The Morgan fingerprint density at radius 3 is 2.69 bits per heavy atom. The number of thiophene rings is 1. The van der Waals surface area contributed by atoms with E-state index >= 15 is 0 Å². The highest BCUT2D eigenvalue weighted by molar-refractivity contribution is 7.20. The van der Waals surface area contributed by atoms with Crippen molar-refractivity contribution in [1.82, 2.24) is 19.0 Å². The lowest BCUT2D eigenvalue weighted by atomic mass is 10.0. The Morgan fingerprint density at radius 1 is 1.19 bits per heavy atom. The largest absolute Gasteiger partial charge is 0.494 e. The number of hydrogen-bond acceptors (Lipinski definition) is 6. The fraction of sp³-hybridized carbons (Fsp3) is 0.423. The number of aryl methyl sites for hydroxylation is 1. The molecule has 4 aromatic rings. The molecule has 2 amide bonds. The van der Waals surface area contributed by atoms with Crippen molar-refractivity contribution in [3.05, 3.63) is 34.7 Å². The molecule has 36 heavy (non-hydrogen) atoms. The Kier molecular flexibility index (Phi) is 5.53.